The van der Waals surface area contributed by atoms with E-state index in [-0.39, 0.29) is 28.5 Å². The number of rotatable bonds is 2. The predicted molar refractivity (Wildman–Crippen MR) is 47.5 cm³/mol. The molecular weight excluding hydrogens is 195 g/mol. The number of Topliss-reactive ketones (excluding diaryl/α,β-unsaturated/α-hetero) is 1. The molecule has 0 atom stereocenters. The molecule has 2 nitrogen and oxygen atoms in total. The van der Waals surface area contributed by atoms with Gasteiger partial charge >= 0.3 is 0 Å². The molecule has 70 valence electrons. The number of benzene rings is 1. The zero-order valence-electron chi connectivity index (χ0n) is 6.97. The lowest BCUT2D eigenvalue weighted by molar-refractivity contribution is -0.116. The van der Waals surface area contributed by atoms with Gasteiger partial charge in [0.15, 0.2) is 0 Å². The Morgan fingerprint density at radius 3 is 2.77 bits per heavy atom. The summed E-state index contributed by atoms with van der Waals surface area (Å²) in [6, 6.07) is 2.24. The van der Waals surface area contributed by atoms with Crippen molar-refractivity contribution < 1.29 is 14.3 Å². The first-order valence-electron chi connectivity index (χ1n) is 3.67. The summed E-state index contributed by atoms with van der Waals surface area (Å²) in [5.74, 6) is -0.983. The highest BCUT2D eigenvalue weighted by molar-refractivity contribution is 6.33. The molecule has 4 heteroatoms. The van der Waals surface area contributed by atoms with Crippen LogP contribution >= 0.6 is 11.6 Å². The zero-order chi connectivity index (χ0) is 10.0. The monoisotopic (exact) mass is 202 g/mol. The maximum atomic E-state index is 13.0. The smallest absolute Gasteiger partial charge is 0.134 e. The van der Waals surface area contributed by atoms with Crippen molar-refractivity contribution in [3.05, 3.63) is 28.5 Å². The Morgan fingerprint density at radius 1 is 1.62 bits per heavy atom. The molecule has 13 heavy (non-hydrogen) atoms. The highest BCUT2D eigenvalue weighted by Gasteiger charge is 2.12. The minimum absolute atomic E-state index is 0.0502. The van der Waals surface area contributed by atoms with Crippen molar-refractivity contribution in [1.29, 1.82) is 0 Å². The van der Waals surface area contributed by atoms with E-state index < -0.39 is 5.82 Å². The van der Waals surface area contributed by atoms with E-state index in [9.17, 15) is 9.18 Å². The number of aromatic hydroxyl groups is 1. The Labute approximate surface area is 80.0 Å². The molecule has 0 unspecified atom stereocenters. The molecule has 0 spiro atoms. The number of phenolic OH excluding ortho intramolecular Hbond substituents is 1. The first-order valence-corrected chi connectivity index (χ1v) is 4.05. The highest BCUT2D eigenvalue weighted by atomic mass is 35.5. The largest absolute Gasteiger partial charge is 0.506 e. The summed E-state index contributed by atoms with van der Waals surface area (Å²) in [5.41, 5.74) is 0.0502. The molecule has 1 aromatic carbocycles. The van der Waals surface area contributed by atoms with Crippen molar-refractivity contribution in [2.24, 2.45) is 0 Å². The van der Waals surface area contributed by atoms with Gasteiger partial charge in [0.1, 0.15) is 17.3 Å². The van der Waals surface area contributed by atoms with E-state index in [0.717, 1.165) is 12.1 Å². The van der Waals surface area contributed by atoms with E-state index in [4.69, 9.17) is 16.7 Å². The van der Waals surface area contributed by atoms with Crippen LogP contribution in [-0.2, 0) is 11.2 Å². The molecule has 0 aliphatic carbocycles. The van der Waals surface area contributed by atoms with Crippen molar-refractivity contribution in [2.45, 2.75) is 13.3 Å². The Hall–Kier alpha value is -1.09. The van der Waals surface area contributed by atoms with Crippen molar-refractivity contribution in [3.8, 4) is 5.75 Å². The van der Waals surface area contributed by atoms with Crippen LogP contribution in [0.3, 0.4) is 0 Å². The van der Waals surface area contributed by atoms with E-state index in [2.05, 4.69) is 0 Å². The average Bonchev–Trinajstić information content (AvgIpc) is 2.05. The van der Waals surface area contributed by atoms with Gasteiger partial charge in [-0.3, -0.25) is 4.79 Å². The molecule has 0 bridgehead atoms. The number of carbonyl (C=O) groups excluding carboxylic acids is 1. The predicted octanol–water partition coefficient (Wildman–Crippen LogP) is 2.32. The van der Waals surface area contributed by atoms with E-state index in [1.165, 1.54) is 6.92 Å². The minimum Gasteiger partial charge on any atom is -0.506 e. The van der Waals surface area contributed by atoms with Crippen LogP contribution in [0.5, 0.6) is 5.75 Å². The third kappa shape index (κ3) is 2.18. The van der Waals surface area contributed by atoms with Crippen LogP contribution in [0.4, 0.5) is 4.39 Å². The second-order valence-electron chi connectivity index (χ2n) is 2.74. The van der Waals surface area contributed by atoms with Crippen molar-refractivity contribution >= 4 is 17.4 Å². The molecule has 0 fully saturated rings. The summed E-state index contributed by atoms with van der Waals surface area (Å²) in [4.78, 5) is 10.7. The number of halogens is 2. The van der Waals surface area contributed by atoms with Crippen LogP contribution in [-0.4, -0.2) is 10.9 Å². The van der Waals surface area contributed by atoms with Crippen LogP contribution in [0.25, 0.3) is 0 Å². The third-order valence-corrected chi connectivity index (χ3v) is 2.01. The minimum atomic E-state index is -0.571. The fourth-order valence-electron chi connectivity index (χ4n) is 0.996. The van der Waals surface area contributed by atoms with Crippen LogP contribution in [0.1, 0.15) is 12.5 Å². The van der Waals surface area contributed by atoms with Crippen LogP contribution < -0.4 is 0 Å². The lowest BCUT2D eigenvalue weighted by Crippen LogP contribution is -2.00. The molecule has 0 heterocycles. The Balaban J connectivity index is 3.17. The Bertz CT molecular complexity index is 350. The maximum Gasteiger partial charge on any atom is 0.134 e. The SMILES string of the molecule is CC(=O)Cc1c(F)ccc(O)c1Cl. The number of hydrogen-bond acceptors (Lipinski definition) is 2. The molecular formula is C9H8ClFO2. The molecule has 0 amide bonds. The normalized spacial score (nSPS) is 10.1. The Morgan fingerprint density at radius 2 is 2.23 bits per heavy atom. The first kappa shape index (κ1) is 9.99. The van der Waals surface area contributed by atoms with Crippen LogP contribution in [0, 0.1) is 5.82 Å². The molecule has 0 saturated carbocycles. The summed E-state index contributed by atoms with van der Waals surface area (Å²) in [6.07, 6.45) is -0.0981. The number of carbonyl (C=O) groups is 1. The zero-order valence-corrected chi connectivity index (χ0v) is 7.73. The standard InChI is InChI=1S/C9H8ClFO2/c1-5(12)4-6-7(11)2-3-8(13)9(6)10/h2-3,13H,4H2,1H3. The lowest BCUT2D eigenvalue weighted by atomic mass is 10.1. The maximum absolute atomic E-state index is 13.0. The van der Waals surface area contributed by atoms with E-state index in [0.29, 0.717) is 0 Å². The van der Waals surface area contributed by atoms with Gasteiger partial charge in [0.05, 0.1) is 5.02 Å². The van der Waals surface area contributed by atoms with Gasteiger partial charge in [-0.05, 0) is 19.1 Å². The number of phenols is 1. The molecule has 0 radical (unpaired) electrons. The van der Waals surface area contributed by atoms with Gasteiger partial charge in [-0.25, -0.2) is 4.39 Å². The van der Waals surface area contributed by atoms with Gasteiger partial charge in [0.25, 0.3) is 0 Å². The highest BCUT2D eigenvalue weighted by Crippen LogP contribution is 2.29. The number of hydrogen-bond donors (Lipinski definition) is 1. The number of ketones is 1. The molecule has 1 aromatic rings. The van der Waals surface area contributed by atoms with Gasteiger partial charge in [-0.2, -0.15) is 0 Å². The van der Waals surface area contributed by atoms with Gasteiger partial charge < -0.3 is 5.11 Å². The summed E-state index contributed by atoms with van der Waals surface area (Å²) < 4.78 is 13.0. The van der Waals surface area contributed by atoms with Crippen LogP contribution in [0.2, 0.25) is 5.02 Å². The molecule has 1 rings (SSSR count). The third-order valence-electron chi connectivity index (χ3n) is 1.59. The van der Waals surface area contributed by atoms with Crippen molar-refractivity contribution in [1.82, 2.24) is 0 Å². The van der Waals surface area contributed by atoms with Gasteiger partial charge in [0, 0.05) is 12.0 Å². The summed E-state index contributed by atoms with van der Waals surface area (Å²) >= 11 is 5.60. The van der Waals surface area contributed by atoms with E-state index >= 15 is 0 Å². The van der Waals surface area contributed by atoms with E-state index in [1.54, 1.807) is 0 Å². The van der Waals surface area contributed by atoms with Gasteiger partial charge in [-0.15, -0.1) is 0 Å². The molecule has 0 aliphatic rings. The fraction of sp³-hybridized carbons (Fsp3) is 0.222. The van der Waals surface area contributed by atoms with Crippen LogP contribution in [0.15, 0.2) is 12.1 Å². The summed E-state index contributed by atoms with van der Waals surface area (Å²) in [6.45, 7) is 1.33. The van der Waals surface area contributed by atoms with Gasteiger partial charge in [-0.1, -0.05) is 11.6 Å². The van der Waals surface area contributed by atoms with Gasteiger partial charge in [0.2, 0.25) is 0 Å². The molecule has 0 saturated heterocycles. The van der Waals surface area contributed by atoms with E-state index in [1.807, 2.05) is 0 Å². The van der Waals surface area contributed by atoms with Crippen molar-refractivity contribution in [2.75, 3.05) is 0 Å². The Kier molecular flexibility index (Phi) is 2.88. The molecule has 1 N–H and O–H groups in total. The summed E-state index contributed by atoms with van der Waals surface area (Å²) in [7, 11) is 0. The first-order chi connectivity index (χ1) is 6.02. The molecule has 0 aliphatic heterocycles. The second-order valence-corrected chi connectivity index (χ2v) is 3.12. The van der Waals surface area contributed by atoms with Crippen molar-refractivity contribution in [3.63, 3.8) is 0 Å². The fourth-order valence-corrected chi connectivity index (χ4v) is 1.22. The average molecular weight is 203 g/mol. The lowest BCUT2D eigenvalue weighted by Gasteiger charge is -2.04. The summed E-state index contributed by atoms with van der Waals surface area (Å²) in [5, 5.41) is 9.04. The molecule has 0 aromatic heterocycles. The topological polar surface area (TPSA) is 37.3 Å². The quantitative estimate of drug-likeness (QED) is 0.799. The second kappa shape index (κ2) is 3.75.